The molecule has 1 atom stereocenters. The fraction of sp³-hybridized carbons (Fsp3) is 1.00. The molecule has 1 aliphatic rings. The highest BCUT2D eigenvalue weighted by Crippen LogP contribution is 2.14. The van der Waals surface area contributed by atoms with Crippen LogP contribution in [-0.4, -0.2) is 56.0 Å². The number of hydrogen-bond donors (Lipinski definition) is 1. The van der Waals surface area contributed by atoms with Crippen LogP contribution < -0.4 is 0 Å². The van der Waals surface area contributed by atoms with E-state index >= 15 is 0 Å². The van der Waals surface area contributed by atoms with E-state index in [9.17, 15) is 8.42 Å². The second kappa shape index (κ2) is 7.31. The Balaban J connectivity index is 2.55. The Kier molecular flexibility index (Phi) is 6.40. The summed E-state index contributed by atoms with van der Waals surface area (Å²) in [5.74, 6) is 0.129. The second-order valence-electron chi connectivity index (χ2n) is 4.36. The van der Waals surface area contributed by atoms with Crippen LogP contribution in [0.4, 0.5) is 0 Å². The summed E-state index contributed by atoms with van der Waals surface area (Å²) < 4.78 is 31.2. The van der Waals surface area contributed by atoms with Crippen molar-refractivity contribution in [1.82, 2.24) is 4.31 Å². The van der Waals surface area contributed by atoms with E-state index in [1.54, 1.807) is 4.31 Å². The molecule has 6 heteroatoms. The van der Waals surface area contributed by atoms with E-state index in [1.165, 1.54) is 0 Å². The summed E-state index contributed by atoms with van der Waals surface area (Å²) in [5.41, 5.74) is 0. The smallest absolute Gasteiger partial charge is 0.214 e. The molecule has 1 saturated heterocycles. The van der Waals surface area contributed by atoms with Crippen LogP contribution in [0.1, 0.15) is 32.6 Å². The molecular weight excluding hydrogens is 242 g/mol. The molecule has 102 valence electrons. The van der Waals surface area contributed by atoms with Gasteiger partial charge in [-0.1, -0.05) is 6.92 Å². The van der Waals surface area contributed by atoms with E-state index in [1.807, 2.05) is 6.92 Å². The molecule has 0 bridgehead atoms. The first-order valence-corrected chi connectivity index (χ1v) is 7.91. The van der Waals surface area contributed by atoms with E-state index in [0.29, 0.717) is 32.5 Å². The third-order valence-corrected chi connectivity index (χ3v) is 4.89. The van der Waals surface area contributed by atoms with Crippen LogP contribution in [0.3, 0.4) is 0 Å². The van der Waals surface area contributed by atoms with E-state index in [0.717, 1.165) is 12.8 Å². The molecule has 1 unspecified atom stereocenters. The van der Waals surface area contributed by atoms with Gasteiger partial charge < -0.3 is 9.84 Å². The van der Waals surface area contributed by atoms with Crippen molar-refractivity contribution in [1.29, 1.82) is 0 Å². The Hall–Kier alpha value is -0.170. The molecule has 1 heterocycles. The van der Waals surface area contributed by atoms with Crippen molar-refractivity contribution >= 4 is 10.0 Å². The molecule has 0 spiro atoms. The zero-order valence-corrected chi connectivity index (χ0v) is 11.3. The second-order valence-corrected chi connectivity index (χ2v) is 6.45. The van der Waals surface area contributed by atoms with Gasteiger partial charge in [-0.05, 0) is 25.7 Å². The average Bonchev–Trinajstić information content (AvgIpc) is 2.54. The molecule has 5 nitrogen and oxygen atoms in total. The summed E-state index contributed by atoms with van der Waals surface area (Å²) in [6.07, 6.45) is 2.68. The van der Waals surface area contributed by atoms with E-state index in [4.69, 9.17) is 9.84 Å². The van der Waals surface area contributed by atoms with Crippen molar-refractivity contribution in [2.24, 2.45) is 0 Å². The van der Waals surface area contributed by atoms with Gasteiger partial charge in [-0.3, -0.25) is 0 Å². The van der Waals surface area contributed by atoms with Gasteiger partial charge in [0.15, 0.2) is 0 Å². The molecule has 17 heavy (non-hydrogen) atoms. The summed E-state index contributed by atoms with van der Waals surface area (Å²) >= 11 is 0. The van der Waals surface area contributed by atoms with Crippen molar-refractivity contribution in [3.63, 3.8) is 0 Å². The fourth-order valence-electron chi connectivity index (χ4n) is 1.89. The largest absolute Gasteiger partial charge is 0.396 e. The molecule has 1 aliphatic heterocycles. The number of unbranched alkanes of at least 4 members (excludes halogenated alkanes) is 1. The number of aliphatic hydroxyl groups excluding tert-OH is 1. The van der Waals surface area contributed by atoms with Crippen molar-refractivity contribution in [3.05, 3.63) is 0 Å². The Labute approximate surface area is 104 Å². The number of rotatable bonds is 6. The van der Waals surface area contributed by atoms with Crippen LogP contribution in [0.15, 0.2) is 0 Å². The lowest BCUT2D eigenvalue weighted by Crippen LogP contribution is -2.38. The maximum Gasteiger partial charge on any atom is 0.214 e. The van der Waals surface area contributed by atoms with Gasteiger partial charge >= 0.3 is 0 Å². The van der Waals surface area contributed by atoms with Crippen LogP contribution >= 0.6 is 0 Å². The Morgan fingerprint density at radius 1 is 1.41 bits per heavy atom. The minimum atomic E-state index is -3.18. The molecule has 1 rings (SSSR count). The summed E-state index contributed by atoms with van der Waals surface area (Å²) in [6.45, 7) is 3.72. The molecule has 0 aromatic heterocycles. The Morgan fingerprint density at radius 2 is 2.18 bits per heavy atom. The van der Waals surface area contributed by atoms with Crippen molar-refractivity contribution in [2.75, 3.05) is 32.1 Å². The van der Waals surface area contributed by atoms with Crippen LogP contribution in [0.25, 0.3) is 0 Å². The van der Waals surface area contributed by atoms with E-state index in [2.05, 4.69) is 0 Å². The lowest BCUT2D eigenvalue weighted by molar-refractivity contribution is 0.0593. The predicted molar refractivity (Wildman–Crippen MR) is 66.3 cm³/mol. The van der Waals surface area contributed by atoms with Gasteiger partial charge in [0.25, 0.3) is 0 Å². The quantitative estimate of drug-likeness (QED) is 0.714. The van der Waals surface area contributed by atoms with Crippen LogP contribution in [0.2, 0.25) is 0 Å². The van der Waals surface area contributed by atoms with Crippen LogP contribution in [0.5, 0.6) is 0 Å². The summed E-state index contributed by atoms with van der Waals surface area (Å²) in [6, 6.07) is 0. The normalized spacial score (nSPS) is 23.5. The number of hydrogen-bond acceptors (Lipinski definition) is 4. The predicted octanol–water partition coefficient (Wildman–Crippen LogP) is 0.590. The first-order valence-electron chi connectivity index (χ1n) is 6.30. The van der Waals surface area contributed by atoms with Gasteiger partial charge in [0.05, 0.1) is 11.9 Å². The zero-order chi connectivity index (χ0) is 12.7. The number of ether oxygens (including phenoxy) is 1. The maximum absolute atomic E-state index is 12.1. The van der Waals surface area contributed by atoms with Crippen molar-refractivity contribution < 1.29 is 18.3 Å². The molecule has 0 amide bonds. The third kappa shape index (κ3) is 4.91. The SMILES string of the molecule is CCC1CN(S(=O)(=O)CCCCO)CCCO1. The van der Waals surface area contributed by atoms with E-state index < -0.39 is 10.0 Å². The lowest BCUT2D eigenvalue weighted by Gasteiger charge is -2.22. The van der Waals surface area contributed by atoms with Crippen molar-refractivity contribution in [2.45, 2.75) is 38.7 Å². The zero-order valence-electron chi connectivity index (χ0n) is 10.5. The van der Waals surface area contributed by atoms with Crippen LogP contribution in [0, 0.1) is 0 Å². The maximum atomic E-state index is 12.1. The fourth-order valence-corrected chi connectivity index (χ4v) is 3.51. The third-order valence-electron chi connectivity index (χ3n) is 2.97. The first kappa shape index (κ1) is 14.9. The van der Waals surface area contributed by atoms with E-state index in [-0.39, 0.29) is 18.5 Å². The summed E-state index contributed by atoms with van der Waals surface area (Å²) in [4.78, 5) is 0. The molecule has 0 aromatic carbocycles. The topological polar surface area (TPSA) is 66.8 Å². The minimum absolute atomic E-state index is 0.0186. The number of aliphatic hydroxyl groups is 1. The lowest BCUT2D eigenvalue weighted by atomic mass is 10.3. The number of nitrogens with zero attached hydrogens (tertiary/aromatic N) is 1. The number of sulfonamides is 1. The van der Waals surface area contributed by atoms with Crippen LogP contribution in [-0.2, 0) is 14.8 Å². The highest BCUT2D eigenvalue weighted by atomic mass is 32.2. The van der Waals surface area contributed by atoms with Gasteiger partial charge in [-0.15, -0.1) is 0 Å². The Morgan fingerprint density at radius 3 is 2.82 bits per heavy atom. The van der Waals surface area contributed by atoms with Crippen molar-refractivity contribution in [3.8, 4) is 0 Å². The molecule has 0 saturated carbocycles. The molecule has 1 fully saturated rings. The molecule has 0 radical (unpaired) electrons. The highest BCUT2D eigenvalue weighted by Gasteiger charge is 2.26. The Bertz CT molecular complexity index is 305. The van der Waals surface area contributed by atoms with Gasteiger partial charge in [0, 0.05) is 26.3 Å². The molecular formula is C11H23NO4S. The average molecular weight is 265 g/mol. The van der Waals surface area contributed by atoms with Gasteiger partial charge in [-0.25, -0.2) is 8.42 Å². The highest BCUT2D eigenvalue weighted by molar-refractivity contribution is 7.89. The summed E-state index contributed by atoms with van der Waals surface area (Å²) in [5, 5.41) is 8.67. The monoisotopic (exact) mass is 265 g/mol. The molecule has 0 aliphatic carbocycles. The minimum Gasteiger partial charge on any atom is -0.396 e. The molecule has 0 aromatic rings. The van der Waals surface area contributed by atoms with Gasteiger partial charge in [-0.2, -0.15) is 4.31 Å². The standard InChI is InChI=1S/C11H23NO4S/c1-2-11-10-12(6-5-8-16-11)17(14,15)9-4-3-7-13/h11,13H,2-10H2,1H3. The molecule has 1 N–H and O–H groups in total. The summed E-state index contributed by atoms with van der Waals surface area (Å²) in [7, 11) is -3.18. The first-order chi connectivity index (χ1) is 8.10. The van der Waals surface area contributed by atoms with Gasteiger partial charge in [0.2, 0.25) is 10.0 Å². The van der Waals surface area contributed by atoms with Gasteiger partial charge in [0.1, 0.15) is 0 Å².